The lowest BCUT2D eigenvalue weighted by atomic mass is 9.84. The fourth-order valence-electron chi connectivity index (χ4n) is 4.58. The van der Waals surface area contributed by atoms with E-state index in [0.29, 0.717) is 27.7 Å². The number of sulfonamides is 1. The number of aliphatic hydroxyl groups is 1. The molecule has 1 aliphatic heterocycles. The minimum Gasteiger partial charge on any atom is -0.385 e. The topological polar surface area (TPSA) is 99.6 Å². The summed E-state index contributed by atoms with van der Waals surface area (Å²) in [5.41, 5.74) is 0.264. The van der Waals surface area contributed by atoms with Gasteiger partial charge in [-0.15, -0.1) is 0 Å². The lowest BCUT2D eigenvalue weighted by Gasteiger charge is -2.39. The predicted molar refractivity (Wildman–Crippen MR) is 139 cm³/mol. The highest BCUT2D eigenvalue weighted by Crippen LogP contribution is 2.37. The van der Waals surface area contributed by atoms with E-state index in [-0.39, 0.29) is 41.8 Å². The van der Waals surface area contributed by atoms with Gasteiger partial charge in [0.05, 0.1) is 11.1 Å². The number of hydrogen-bond acceptors (Lipinski definition) is 5. The molecule has 10 heteroatoms. The smallest absolute Gasteiger partial charge is 0.264 e. The van der Waals surface area contributed by atoms with Crippen molar-refractivity contribution >= 4 is 44.1 Å². The second kappa shape index (κ2) is 9.74. The number of nitrogens with one attached hydrogen (secondary N) is 1. The fourth-order valence-corrected chi connectivity index (χ4v) is 6.16. The van der Waals surface area contributed by atoms with Crippen LogP contribution < -0.4 is 4.72 Å². The molecule has 1 aromatic heterocycles. The Morgan fingerprint density at radius 3 is 2.43 bits per heavy atom. The summed E-state index contributed by atoms with van der Waals surface area (Å²) in [7, 11) is -3.91. The molecule has 3 aromatic carbocycles. The summed E-state index contributed by atoms with van der Waals surface area (Å²) < 4.78 is 42.0. The number of nitrogens with zero attached hydrogens (tertiary/aromatic N) is 2. The van der Waals surface area contributed by atoms with Crippen molar-refractivity contribution in [3.63, 3.8) is 0 Å². The lowest BCUT2D eigenvalue weighted by molar-refractivity contribution is -0.0210. The van der Waals surface area contributed by atoms with Crippen LogP contribution in [-0.4, -0.2) is 42.4 Å². The molecule has 190 valence electrons. The van der Waals surface area contributed by atoms with Crippen LogP contribution in [0.5, 0.6) is 0 Å². The maximum absolute atomic E-state index is 13.4. The van der Waals surface area contributed by atoms with Crippen LogP contribution in [0.25, 0.3) is 10.9 Å². The van der Waals surface area contributed by atoms with Gasteiger partial charge < -0.3 is 10.0 Å². The Balaban J connectivity index is 1.27. The van der Waals surface area contributed by atoms with E-state index in [9.17, 15) is 22.7 Å². The molecule has 0 spiro atoms. The lowest BCUT2D eigenvalue weighted by Crippen LogP contribution is -2.45. The molecule has 1 aliphatic rings. The van der Waals surface area contributed by atoms with Crippen molar-refractivity contribution < 1.29 is 22.7 Å². The quantitative estimate of drug-likeness (QED) is 0.374. The molecule has 1 amide bonds. The van der Waals surface area contributed by atoms with Crippen LogP contribution in [0, 0.1) is 5.82 Å². The number of para-hydroxylation sites is 1. The number of pyridine rings is 1. The molecule has 1 fully saturated rings. The standard InChI is InChI=1S/C27H23ClFN3O4S/c28-23-17-20(29)8-11-22(23)27(34)12-15-32(16-13-27)26(33)19-6-9-21(10-7-19)31-37(35,36)24-5-1-3-18-4-2-14-30-25(18)24/h1-11,14,17,31,34H,12-13,15-16H2. The number of benzene rings is 3. The van der Waals surface area contributed by atoms with Gasteiger partial charge in [0.15, 0.2) is 0 Å². The molecule has 4 aromatic rings. The molecule has 0 unspecified atom stereocenters. The second-order valence-electron chi connectivity index (χ2n) is 8.96. The van der Waals surface area contributed by atoms with Gasteiger partial charge >= 0.3 is 0 Å². The molecule has 0 saturated carbocycles. The van der Waals surface area contributed by atoms with E-state index in [0.717, 1.165) is 0 Å². The van der Waals surface area contributed by atoms with Gasteiger partial charge in [-0.05, 0) is 61.4 Å². The summed E-state index contributed by atoms with van der Waals surface area (Å²) in [5.74, 6) is -0.718. The van der Waals surface area contributed by atoms with Crippen molar-refractivity contribution in [2.45, 2.75) is 23.3 Å². The van der Waals surface area contributed by atoms with Crippen molar-refractivity contribution in [1.29, 1.82) is 0 Å². The first-order valence-electron chi connectivity index (χ1n) is 11.6. The van der Waals surface area contributed by atoms with E-state index in [4.69, 9.17) is 11.6 Å². The molecule has 0 atom stereocenters. The third kappa shape index (κ3) is 5.02. The largest absolute Gasteiger partial charge is 0.385 e. The van der Waals surface area contributed by atoms with Gasteiger partial charge in [-0.25, -0.2) is 12.8 Å². The van der Waals surface area contributed by atoms with E-state index >= 15 is 0 Å². The molecule has 37 heavy (non-hydrogen) atoms. The summed E-state index contributed by atoms with van der Waals surface area (Å²) >= 11 is 6.14. The number of anilines is 1. The van der Waals surface area contributed by atoms with Crippen molar-refractivity contribution in [1.82, 2.24) is 9.88 Å². The molecule has 0 aliphatic carbocycles. The summed E-state index contributed by atoms with van der Waals surface area (Å²) in [6, 6.07) is 18.5. The highest BCUT2D eigenvalue weighted by molar-refractivity contribution is 7.93. The summed E-state index contributed by atoms with van der Waals surface area (Å²) in [5, 5.41) is 11.9. The molecule has 2 heterocycles. The zero-order valence-corrected chi connectivity index (χ0v) is 21.1. The molecule has 5 rings (SSSR count). The second-order valence-corrected chi connectivity index (χ2v) is 11.0. The Labute approximate surface area is 218 Å². The van der Waals surface area contributed by atoms with Crippen molar-refractivity contribution in [3.8, 4) is 0 Å². The van der Waals surface area contributed by atoms with Crippen LogP contribution in [0.4, 0.5) is 10.1 Å². The number of halogens is 2. The van der Waals surface area contributed by atoms with Crippen molar-refractivity contribution in [3.05, 3.63) is 101 Å². The molecule has 1 saturated heterocycles. The molecular formula is C27H23ClFN3O4S. The zero-order chi connectivity index (χ0) is 26.2. The highest BCUT2D eigenvalue weighted by Gasteiger charge is 2.37. The number of hydrogen-bond donors (Lipinski definition) is 2. The Bertz CT molecular complexity index is 1580. The zero-order valence-electron chi connectivity index (χ0n) is 19.6. The third-order valence-corrected chi connectivity index (χ3v) is 8.31. The average molecular weight is 540 g/mol. The van der Waals surface area contributed by atoms with Gasteiger partial charge in [0.2, 0.25) is 0 Å². The van der Waals surface area contributed by atoms with Crippen LogP contribution in [0.2, 0.25) is 5.02 Å². The van der Waals surface area contributed by atoms with Gasteiger partial charge in [0.1, 0.15) is 10.7 Å². The normalized spacial score (nSPS) is 15.5. The third-order valence-electron chi connectivity index (χ3n) is 6.58. The number of piperidine rings is 1. The Kier molecular flexibility index (Phi) is 6.61. The van der Waals surface area contributed by atoms with Gasteiger partial charge in [0.25, 0.3) is 15.9 Å². The Morgan fingerprint density at radius 1 is 1.03 bits per heavy atom. The van der Waals surface area contributed by atoms with Crippen LogP contribution in [-0.2, 0) is 15.6 Å². The average Bonchev–Trinajstić information content (AvgIpc) is 2.88. The number of carbonyl (C=O) groups is 1. The number of likely N-dealkylation sites (tertiary alicyclic amines) is 1. The maximum Gasteiger partial charge on any atom is 0.264 e. The Morgan fingerprint density at radius 2 is 1.73 bits per heavy atom. The SMILES string of the molecule is O=C(c1ccc(NS(=O)(=O)c2cccc3cccnc23)cc1)N1CCC(O)(c2ccc(F)cc2Cl)CC1. The van der Waals surface area contributed by atoms with Crippen LogP contribution in [0.15, 0.2) is 83.9 Å². The van der Waals surface area contributed by atoms with Gasteiger partial charge in [-0.3, -0.25) is 14.5 Å². The van der Waals surface area contributed by atoms with Gasteiger partial charge in [0, 0.05) is 46.5 Å². The Hall–Kier alpha value is -3.53. The maximum atomic E-state index is 13.4. The van der Waals surface area contributed by atoms with E-state index in [2.05, 4.69) is 9.71 Å². The summed E-state index contributed by atoms with van der Waals surface area (Å²) in [4.78, 5) is 18.9. The summed E-state index contributed by atoms with van der Waals surface area (Å²) in [6.45, 7) is 0.566. The van der Waals surface area contributed by atoms with Gasteiger partial charge in [-0.1, -0.05) is 35.9 Å². The first-order valence-corrected chi connectivity index (χ1v) is 13.5. The number of carbonyl (C=O) groups excluding carboxylic acids is 1. The first-order chi connectivity index (χ1) is 17.7. The minimum atomic E-state index is -3.91. The number of rotatable bonds is 5. The van der Waals surface area contributed by atoms with E-state index in [1.54, 1.807) is 41.3 Å². The number of aromatic nitrogens is 1. The van der Waals surface area contributed by atoms with Crippen LogP contribution in [0.3, 0.4) is 0 Å². The number of fused-ring (bicyclic) bond motifs is 1. The van der Waals surface area contributed by atoms with Crippen molar-refractivity contribution in [2.75, 3.05) is 17.8 Å². The fraction of sp³-hybridized carbons (Fsp3) is 0.185. The van der Waals surface area contributed by atoms with Crippen molar-refractivity contribution in [2.24, 2.45) is 0 Å². The monoisotopic (exact) mass is 539 g/mol. The minimum absolute atomic E-state index is 0.0628. The van der Waals surface area contributed by atoms with E-state index in [1.807, 2.05) is 0 Å². The highest BCUT2D eigenvalue weighted by atomic mass is 35.5. The van der Waals surface area contributed by atoms with Crippen LogP contribution in [0.1, 0.15) is 28.8 Å². The molecule has 0 bridgehead atoms. The molecular weight excluding hydrogens is 517 g/mol. The van der Waals surface area contributed by atoms with Gasteiger partial charge in [-0.2, -0.15) is 0 Å². The van der Waals surface area contributed by atoms with E-state index in [1.165, 1.54) is 42.6 Å². The molecule has 0 radical (unpaired) electrons. The number of amides is 1. The molecule has 7 nitrogen and oxygen atoms in total. The first kappa shape index (κ1) is 25.1. The van der Waals surface area contributed by atoms with Crippen LogP contribution >= 0.6 is 11.6 Å². The summed E-state index contributed by atoms with van der Waals surface area (Å²) in [6.07, 6.45) is 2.04. The predicted octanol–water partition coefficient (Wildman–Crippen LogP) is 4.95. The van der Waals surface area contributed by atoms with E-state index < -0.39 is 21.4 Å². The molecule has 2 N–H and O–H groups in total.